The molecule has 0 radical (unpaired) electrons. The Kier molecular flexibility index (Phi) is 6.39. The Bertz CT molecular complexity index is 1250. The minimum absolute atomic E-state index is 0.00111. The minimum atomic E-state index is -0.751. The second-order valence-electron chi connectivity index (χ2n) is 6.96. The van der Waals surface area contributed by atoms with Crippen LogP contribution in [0.15, 0.2) is 42.6 Å². The molecule has 3 rings (SSSR count). The molecule has 3 aromatic rings. The lowest BCUT2D eigenvalue weighted by atomic mass is 9.95. The lowest BCUT2D eigenvalue weighted by Crippen LogP contribution is -2.28. The van der Waals surface area contributed by atoms with Crippen LogP contribution >= 0.6 is 11.6 Å². The Labute approximate surface area is 183 Å². The molecule has 0 saturated heterocycles. The molecule has 0 saturated carbocycles. The van der Waals surface area contributed by atoms with E-state index in [-0.39, 0.29) is 34.4 Å². The zero-order chi connectivity index (χ0) is 22.7. The van der Waals surface area contributed by atoms with Gasteiger partial charge in [0, 0.05) is 29.4 Å². The van der Waals surface area contributed by atoms with Crippen LogP contribution in [-0.2, 0) is 7.05 Å². The lowest BCUT2D eigenvalue weighted by Gasteiger charge is -2.17. The topological polar surface area (TPSA) is 81.6 Å². The van der Waals surface area contributed by atoms with Crippen molar-refractivity contribution >= 4 is 17.5 Å². The third kappa shape index (κ3) is 4.28. The highest BCUT2D eigenvalue weighted by molar-refractivity contribution is 6.30. The first-order valence-corrected chi connectivity index (χ1v) is 9.64. The molecular formula is C23H17ClF2N4O. The molecule has 8 heteroatoms. The Morgan fingerprint density at radius 1 is 1.19 bits per heavy atom. The van der Waals surface area contributed by atoms with Crippen LogP contribution in [-0.4, -0.2) is 10.5 Å². The van der Waals surface area contributed by atoms with Gasteiger partial charge >= 0.3 is 0 Å². The molecule has 0 unspecified atom stereocenters. The van der Waals surface area contributed by atoms with Crippen molar-refractivity contribution in [2.24, 2.45) is 7.05 Å². The van der Waals surface area contributed by atoms with E-state index in [0.29, 0.717) is 10.6 Å². The summed E-state index contributed by atoms with van der Waals surface area (Å²) < 4.78 is 30.3. The first kappa shape index (κ1) is 22.0. The fourth-order valence-corrected chi connectivity index (χ4v) is 3.65. The van der Waals surface area contributed by atoms with Gasteiger partial charge in [-0.05, 0) is 42.3 Å². The van der Waals surface area contributed by atoms with E-state index in [1.165, 1.54) is 24.7 Å². The second kappa shape index (κ2) is 8.99. The van der Waals surface area contributed by atoms with Crippen molar-refractivity contribution in [2.75, 3.05) is 0 Å². The molecule has 0 aliphatic rings. The molecule has 0 spiro atoms. The van der Waals surface area contributed by atoms with Gasteiger partial charge in [-0.2, -0.15) is 10.5 Å². The quantitative estimate of drug-likeness (QED) is 0.595. The summed E-state index contributed by atoms with van der Waals surface area (Å²) in [6, 6.07) is 11.9. The van der Waals surface area contributed by atoms with Gasteiger partial charge in [0.1, 0.15) is 23.4 Å². The summed E-state index contributed by atoms with van der Waals surface area (Å²) in [6.07, 6.45) is 1.35. The first-order valence-electron chi connectivity index (χ1n) is 9.26. The number of halogens is 3. The molecule has 31 heavy (non-hydrogen) atoms. The summed E-state index contributed by atoms with van der Waals surface area (Å²) in [5.74, 6) is -2.04. The van der Waals surface area contributed by atoms with E-state index in [1.807, 2.05) is 12.1 Å². The monoisotopic (exact) mass is 438 g/mol. The van der Waals surface area contributed by atoms with E-state index in [1.54, 1.807) is 24.3 Å². The number of carbonyl (C=O) groups excluding carboxylic acids is 1. The van der Waals surface area contributed by atoms with Crippen molar-refractivity contribution in [1.82, 2.24) is 9.88 Å². The van der Waals surface area contributed by atoms with Crippen LogP contribution in [0.25, 0.3) is 11.1 Å². The highest BCUT2D eigenvalue weighted by Gasteiger charge is 2.27. The number of aromatic nitrogens is 1. The zero-order valence-electron chi connectivity index (χ0n) is 16.7. The maximum absolute atomic E-state index is 14.7. The maximum Gasteiger partial charge on any atom is 0.254 e. The maximum atomic E-state index is 14.7. The smallest absolute Gasteiger partial charge is 0.254 e. The molecule has 1 aromatic heterocycles. The van der Waals surface area contributed by atoms with Crippen molar-refractivity contribution in [3.8, 4) is 23.3 Å². The van der Waals surface area contributed by atoms with E-state index in [9.17, 15) is 24.1 Å². The second-order valence-corrected chi connectivity index (χ2v) is 7.40. The van der Waals surface area contributed by atoms with Crippen LogP contribution in [0, 0.1) is 41.2 Å². The molecule has 5 nitrogen and oxygen atoms in total. The number of hydrogen-bond acceptors (Lipinski definition) is 3. The van der Waals surface area contributed by atoms with Crippen LogP contribution in [0.1, 0.15) is 39.6 Å². The predicted molar refractivity (Wildman–Crippen MR) is 112 cm³/mol. The fourth-order valence-electron chi connectivity index (χ4n) is 3.45. The number of aryl methyl sites for hydroxylation is 1. The molecule has 2 aromatic carbocycles. The van der Waals surface area contributed by atoms with Gasteiger partial charge in [0.25, 0.3) is 5.91 Å². The largest absolute Gasteiger partial charge is 0.344 e. The van der Waals surface area contributed by atoms with Crippen molar-refractivity contribution in [3.05, 3.63) is 81.6 Å². The van der Waals surface area contributed by atoms with Crippen molar-refractivity contribution in [1.29, 1.82) is 10.5 Å². The van der Waals surface area contributed by atoms with Crippen LogP contribution in [0.4, 0.5) is 8.78 Å². The average Bonchev–Trinajstić information content (AvgIpc) is 3.06. The molecule has 0 aliphatic heterocycles. The number of benzene rings is 2. The summed E-state index contributed by atoms with van der Waals surface area (Å²) in [5, 5.41) is 22.0. The van der Waals surface area contributed by atoms with E-state index >= 15 is 0 Å². The SMILES string of the molecule is Cc1c(F)ccc(F)c1-c1c(C(=O)N[C@@H](CC#N)c2cccc(Cl)c2)cn(C)c1C#N. The van der Waals surface area contributed by atoms with Gasteiger partial charge in [-0.1, -0.05) is 23.7 Å². The van der Waals surface area contributed by atoms with Crippen molar-refractivity contribution in [2.45, 2.75) is 19.4 Å². The van der Waals surface area contributed by atoms with Crippen molar-refractivity contribution in [3.63, 3.8) is 0 Å². The lowest BCUT2D eigenvalue weighted by molar-refractivity contribution is 0.0938. The Morgan fingerprint density at radius 2 is 1.90 bits per heavy atom. The summed E-state index contributed by atoms with van der Waals surface area (Å²) >= 11 is 6.03. The van der Waals surface area contributed by atoms with Crippen LogP contribution in [0.2, 0.25) is 5.02 Å². The van der Waals surface area contributed by atoms with Crippen LogP contribution in [0.3, 0.4) is 0 Å². The molecule has 0 aliphatic carbocycles. The van der Waals surface area contributed by atoms with E-state index < -0.39 is 23.6 Å². The summed E-state index contributed by atoms with van der Waals surface area (Å²) in [4.78, 5) is 13.2. The Balaban J connectivity index is 2.12. The summed E-state index contributed by atoms with van der Waals surface area (Å²) in [5.41, 5.74) is 0.461. The predicted octanol–water partition coefficient (Wildman–Crippen LogP) is 5.19. The van der Waals surface area contributed by atoms with Gasteiger partial charge in [0.15, 0.2) is 0 Å². The highest BCUT2D eigenvalue weighted by Crippen LogP contribution is 2.35. The number of carbonyl (C=O) groups is 1. The van der Waals surface area contributed by atoms with Gasteiger partial charge in [-0.15, -0.1) is 0 Å². The van der Waals surface area contributed by atoms with E-state index in [2.05, 4.69) is 5.32 Å². The summed E-state index contributed by atoms with van der Waals surface area (Å²) in [7, 11) is 1.54. The molecule has 1 atom stereocenters. The van der Waals surface area contributed by atoms with Gasteiger partial charge in [0.05, 0.1) is 24.1 Å². The number of nitrogens with zero attached hydrogens (tertiary/aromatic N) is 3. The molecule has 156 valence electrons. The number of rotatable bonds is 5. The number of hydrogen-bond donors (Lipinski definition) is 1. The molecule has 1 heterocycles. The number of amides is 1. The average molecular weight is 439 g/mol. The minimum Gasteiger partial charge on any atom is -0.344 e. The molecule has 1 N–H and O–H groups in total. The Hall–Kier alpha value is -3.68. The molecular weight excluding hydrogens is 422 g/mol. The summed E-state index contributed by atoms with van der Waals surface area (Å²) in [6.45, 7) is 1.38. The normalized spacial score (nSPS) is 11.5. The van der Waals surface area contributed by atoms with Gasteiger partial charge < -0.3 is 9.88 Å². The van der Waals surface area contributed by atoms with Gasteiger partial charge in [-0.3, -0.25) is 4.79 Å². The third-order valence-electron chi connectivity index (χ3n) is 4.98. The van der Waals surface area contributed by atoms with E-state index in [4.69, 9.17) is 11.6 Å². The third-order valence-corrected chi connectivity index (χ3v) is 5.22. The molecule has 0 bridgehead atoms. The number of nitriles is 2. The highest BCUT2D eigenvalue weighted by atomic mass is 35.5. The standard InChI is InChI=1S/C23H17ClF2N4O/c1-13-17(25)6-7-18(26)21(13)22-16(12-30(2)20(22)11-28)23(31)29-19(8-9-27)14-4-3-5-15(24)10-14/h3-7,10,12,19H,8H2,1-2H3,(H,29,31)/t19-/m0/s1. The number of nitrogens with one attached hydrogen (secondary N) is 1. The van der Waals surface area contributed by atoms with Gasteiger partial charge in [-0.25, -0.2) is 8.78 Å². The zero-order valence-corrected chi connectivity index (χ0v) is 17.5. The van der Waals surface area contributed by atoms with Crippen molar-refractivity contribution < 1.29 is 13.6 Å². The van der Waals surface area contributed by atoms with Gasteiger partial charge in [0.2, 0.25) is 0 Å². The first-order chi connectivity index (χ1) is 14.8. The van der Waals surface area contributed by atoms with E-state index in [0.717, 1.165) is 12.1 Å². The Morgan fingerprint density at radius 3 is 2.55 bits per heavy atom. The molecule has 0 fully saturated rings. The fraction of sp³-hybridized carbons (Fsp3) is 0.174. The molecule has 1 amide bonds. The van der Waals surface area contributed by atoms with Crippen LogP contribution in [0.5, 0.6) is 0 Å². The van der Waals surface area contributed by atoms with Crippen LogP contribution < -0.4 is 5.32 Å².